The number of rotatable bonds is 12. The molecule has 0 saturated carbocycles. The van der Waals surface area contributed by atoms with Crippen LogP contribution in [0.3, 0.4) is 0 Å². The topological polar surface area (TPSA) is 168 Å². The van der Waals surface area contributed by atoms with Gasteiger partial charge in [-0.2, -0.15) is 0 Å². The summed E-state index contributed by atoms with van der Waals surface area (Å²) in [6, 6.07) is 24.3. The predicted octanol–water partition coefficient (Wildman–Crippen LogP) is 3.27. The molecule has 0 radical (unpaired) electrons. The maximum Gasteiger partial charge on any atom is 0.338 e. The molecule has 0 aromatic heterocycles. The fraction of sp³-hybridized carbons (Fsp3) is 0.361. The van der Waals surface area contributed by atoms with Gasteiger partial charge in [-0.25, -0.2) is 14.4 Å². The first-order valence-electron chi connectivity index (χ1n) is 15.7. The first kappa shape index (κ1) is 36.1. The van der Waals surface area contributed by atoms with Gasteiger partial charge in [-0.3, -0.25) is 9.59 Å². The summed E-state index contributed by atoms with van der Waals surface area (Å²) in [4.78, 5) is 63.9. The van der Waals surface area contributed by atoms with Crippen molar-refractivity contribution < 1.29 is 66.6 Å². The number of hydrogen-bond donors (Lipinski definition) is 0. The van der Waals surface area contributed by atoms with Gasteiger partial charge in [-0.05, 0) is 36.4 Å². The third-order valence-corrected chi connectivity index (χ3v) is 7.69. The molecule has 0 N–H and O–H groups in total. The number of methoxy groups -OCH3 is 1. The second-order valence-corrected chi connectivity index (χ2v) is 11.2. The van der Waals surface area contributed by atoms with Crippen molar-refractivity contribution in [2.45, 2.75) is 63.1 Å². The molecule has 0 amide bonds. The maximum atomic E-state index is 13.4. The molecule has 2 fully saturated rings. The highest BCUT2D eigenvalue weighted by Gasteiger charge is 2.54. The minimum atomic E-state index is -1.51. The molecular weight excluding hydrogens is 656 g/mol. The quantitative estimate of drug-likeness (QED) is 0.200. The van der Waals surface area contributed by atoms with Gasteiger partial charge in [0.15, 0.2) is 37.0 Å². The van der Waals surface area contributed by atoms with Crippen LogP contribution in [0, 0.1) is 0 Å². The van der Waals surface area contributed by atoms with E-state index >= 15 is 0 Å². The van der Waals surface area contributed by atoms with E-state index in [0.29, 0.717) is 0 Å². The van der Waals surface area contributed by atoms with Gasteiger partial charge >= 0.3 is 29.8 Å². The Labute approximate surface area is 287 Å². The van der Waals surface area contributed by atoms with Gasteiger partial charge in [0.2, 0.25) is 0 Å². The lowest BCUT2D eigenvalue weighted by atomic mass is 10.0. The Bertz CT molecular complexity index is 1620. The Morgan fingerprint density at radius 1 is 0.600 bits per heavy atom. The number of esters is 5. The molecule has 8 atom stereocenters. The largest absolute Gasteiger partial charge is 0.459 e. The molecule has 2 aliphatic rings. The van der Waals surface area contributed by atoms with Gasteiger partial charge < -0.3 is 42.6 Å². The van der Waals surface area contributed by atoms with Crippen molar-refractivity contribution in [2.24, 2.45) is 0 Å². The van der Waals surface area contributed by atoms with E-state index in [0.717, 1.165) is 13.8 Å². The standard InChI is InChI=1S/C36H36O14/c1-21(37)45-28-27(20-44-35(42-3)30(28)46-22(2)38)48-36-31(50-34(41)25-17-11-6-12-18-25)29(49-33(40)24-15-9-5-10-16-24)26(47-36)19-43-32(39)23-13-7-4-8-14-23/h4-18,26-31,35-36H,19-20H2,1-3H3/t26-,27+,28-,29+,30-,31+,35-,36+/m1/s1. The fourth-order valence-electron chi connectivity index (χ4n) is 5.44. The van der Waals surface area contributed by atoms with E-state index in [4.69, 9.17) is 42.6 Å². The SMILES string of the molecule is CO[C@@H]1OC[C@H](O[C@@H]2O[C@H](COC(=O)c3ccccc3)[C@H](OC(=O)c3ccccc3)[C@@H]2OC(=O)c2ccccc2)[C@@H](OC(C)=O)[C@H]1OC(C)=O. The summed E-state index contributed by atoms with van der Waals surface area (Å²) in [6.07, 6.45) is -10.4. The number of ether oxygens (including phenoxy) is 9. The molecule has 264 valence electrons. The molecule has 3 aromatic rings. The van der Waals surface area contributed by atoms with Gasteiger partial charge in [0.05, 0.1) is 23.3 Å². The molecule has 0 spiro atoms. The van der Waals surface area contributed by atoms with E-state index in [1.54, 1.807) is 66.7 Å². The number of carbonyl (C=O) groups excluding carboxylic acids is 5. The second-order valence-electron chi connectivity index (χ2n) is 11.2. The maximum absolute atomic E-state index is 13.4. The summed E-state index contributed by atoms with van der Waals surface area (Å²) in [7, 11) is 1.32. The van der Waals surface area contributed by atoms with Crippen LogP contribution in [0.2, 0.25) is 0 Å². The molecule has 50 heavy (non-hydrogen) atoms. The van der Waals surface area contributed by atoms with Crippen molar-refractivity contribution in [3.63, 3.8) is 0 Å². The summed E-state index contributed by atoms with van der Waals surface area (Å²) >= 11 is 0. The Kier molecular flexibility index (Phi) is 12.3. The van der Waals surface area contributed by atoms with Crippen molar-refractivity contribution in [3.8, 4) is 0 Å². The Balaban J connectivity index is 1.48. The predicted molar refractivity (Wildman–Crippen MR) is 169 cm³/mol. The molecular formula is C36H36O14. The molecule has 3 aromatic carbocycles. The zero-order chi connectivity index (χ0) is 35.6. The van der Waals surface area contributed by atoms with Crippen molar-refractivity contribution >= 4 is 29.8 Å². The highest BCUT2D eigenvalue weighted by atomic mass is 16.8. The summed E-state index contributed by atoms with van der Waals surface area (Å²) in [5.41, 5.74) is 0.626. The molecule has 14 heteroatoms. The molecule has 0 bridgehead atoms. The Morgan fingerprint density at radius 2 is 1.06 bits per heavy atom. The minimum absolute atomic E-state index is 0.176. The third-order valence-electron chi connectivity index (χ3n) is 7.69. The van der Waals surface area contributed by atoms with Gasteiger partial charge in [0.1, 0.15) is 18.8 Å². The lowest BCUT2D eigenvalue weighted by Gasteiger charge is -2.41. The normalized spacial score (nSPS) is 25.9. The molecule has 2 aliphatic heterocycles. The summed E-state index contributed by atoms with van der Waals surface area (Å²) < 4.78 is 51.8. The number of carbonyl (C=O) groups is 5. The van der Waals surface area contributed by atoms with Crippen molar-refractivity contribution in [3.05, 3.63) is 108 Å². The molecule has 5 rings (SSSR count). The fourth-order valence-corrected chi connectivity index (χ4v) is 5.44. The van der Waals surface area contributed by atoms with Gasteiger partial charge in [-0.15, -0.1) is 0 Å². The van der Waals surface area contributed by atoms with Gasteiger partial charge in [-0.1, -0.05) is 54.6 Å². The molecule has 2 heterocycles. The van der Waals surface area contributed by atoms with Gasteiger partial charge in [0.25, 0.3) is 0 Å². The van der Waals surface area contributed by atoms with E-state index in [2.05, 4.69) is 0 Å². The van der Waals surface area contributed by atoms with E-state index in [-0.39, 0.29) is 23.3 Å². The van der Waals surface area contributed by atoms with Crippen LogP contribution in [-0.4, -0.2) is 99.4 Å². The first-order chi connectivity index (χ1) is 24.1. The van der Waals surface area contributed by atoms with E-state index in [1.165, 1.54) is 31.4 Å². The molecule has 14 nitrogen and oxygen atoms in total. The van der Waals surface area contributed by atoms with E-state index in [1.807, 2.05) is 0 Å². The molecule has 0 aliphatic carbocycles. The van der Waals surface area contributed by atoms with Crippen LogP contribution in [0.1, 0.15) is 44.9 Å². The summed E-state index contributed by atoms with van der Waals surface area (Å²) in [5.74, 6) is -3.70. The van der Waals surface area contributed by atoms with Crippen molar-refractivity contribution in [2.75, 3.05) is 20.3 Å². The zero-order valence-corrected chi connectivity index (χ0v) is 27.4. The first-order valence-corrected chi connectivity index (χ1v) is 15.7. The Hall–Kier alpha value is -5.15. The lowest BCUT2D eigenvalue weighted by Crippen LogP contribution is -2.58. The van der Waals surface area contributed by atoms with Crippen LogP contribution < -0.4 is 0 Å². The Morgan fingerprint density at radius 3 is 1.56 bits per heavy atom. The van der Waals surface area contributed by atoms with Crippen LogP contribution in [0.25, 0.3) is 0 Å². The summed E-state index contributed by atoms with van der Waals surface area (Å²) in [5, 5.41) is 0. The molecule has 0 unspecified atom stereocenters. The monoisotopic (exact) mass is 692 g/mol. The average molecular weight is 693 g/mol. The van der Waals surface area contributed by atoms with E-state index < -0.39 is 85.7 Å². The summed E-state index contributed by atoms with van der Waals surface area (Å²) in [6.45, 7) is 1.62. The number of benzene rings is 3. The highest BCUT2D eigenvalue weighted by Crippen LogP contribution is 2.33. The zero-order valence-electron chi connectivity index (χ0n) is 27.4. The van der Waals surface area contributed by atoms with Crippen LogP contribution in [0.5, 0.6) is 0 Å². The van der Waals surface area contributed by atoms with Crippen molar-refractivity contribution in [1.29, 1.82) is 0 Å². The highest BCUT2D eigenvalue weighted by molar-refractivity contribution is 5.91. The van der Waals surface area contributed by atoms with Crippen LogP contribution in [0.15, 0.2) is 91.0 Å². The van der Waals surface area contributed by atoms with Gasteiger partial charge in [0, 0.05) is 21.0 Å². The second kappa shape index (κ2) is 17.0. The van der Waals surface area contributed by atoms with Crippen LogP contribution >= 0.6 is 0 Å². The van der Waals surface area contributed by atoms with Crippen LogP contribution in [-0.2, 0) is 52.2 Å². The minimum Gasteiger partial charge on any atom is -0.459 e. The third kappa shape index (κ3) is 9.09. The number of hydrogen-bond acceptors (Lipinski definition) is 14. The smallest absolute Gasteiger partial charge is 0.338 e. The van der Waals surface area contributed by atoms with Crippen molar-refractivity contribution in [1.82, 2.24) is 0 Å². The lowest BCUT2D eigenvalue weighted by molar-refractivity contribution is -0.302. The average Bonchev–Trinajstić information content (AvgIpc) is 3.43. The van der Waals surface area contributed by atoms with Crippen LogP contribution in [0.4, 0.5) is 0 Å². The molecule has 2 saturated heterocycles. The van der Waals surface area contributed by atoms with E-state index in [9.17, 15) is 24.0 Å².